The van der Waals surface area contributed by atoms with Crippen molar-refractivity contribution in [3.63, 3.8) is 0 Å². The first-order valence-electron chi connectivity index (χ1n) is 12.8. The first-order valence-corrected chi connectivity index (χ1v) is 13.8. The third-order valence-corrected chi connectivity index (χ3v) is 7.36. The van der Waals surface area contributed by atoms with Crippen molar-refractivity contribution in [2.24, 2.45) is 0 Å². The number of furan rings is 1. The van der Waals surface area contributed by atoms with Crippen molar-refractivity contribution in [1.82, 2.24) is 14.7 Å². The van der Waals surface area contributed by atoms with Crippen LogP contribution in [0.3, 0.4) is 0 Å². The number of ether oxygens (including phenoxy) is 1. The number of benzene rings is 2. The summed E-state index contributed by atoms with van der Waals surface area (Å²) in [4.78, 5) is 33.7. The number of morpholine rings is 1. The zero-order valence-electron chi connectivity index (χ0n) is 21.2. The number of hydrogen-bond donors (Lipinski definition) is 0. The molecule has 8 heteroatoms. The number of thioether (sulfide) groups is 1. The largest absolute Gasteiger partial charge is 0.467 e. The molecule has 0 bridgehead atoms. The van der Waals surface area contributed by atoms with Crippen LogP contribution < -0.4 is 0 Å². The average Bonchev–Trinajstić information content (AvgIpc) is 3.47. The minimum Gasteiger partial charge on any atom is -0.467 e. The molecule has 1 aromatic heterocycles. The molecule has 4 rings (SSSR count). The highest BCUT2D eigenvalue weighted by atomic mass is 32.2. The summed E-state index contributed by atoms with van der Waals surface area (Å²) in [5.41, 5.74) is 1.17. The summed E-state index contributed by atoms with van der Waals surface area (Å²) in [6.07, 6.45) is 2.35. The van der Waals surface area contributed by atoms with Gasteiger partial charge in [-0.05, 0) is 36.2 Å². The van der Waals surface area contributed by atoms with Crippen LogP contribution in [0.2, 0.25) is 0 Å². The average molecular weight is 522 g/mol. The van der Waals surface area contributed by atoms with Gasteiger partial charge in [0.15, 0.2) is 0 Å². The molecular weight excluding hydrogens is 486 g/mol. The van der Waals surface area contributed by atoms with Gasteiger partial charge in [-0.1, -0.05) is 48.5 Å². The van der Waals surface area contributed by atoms with E-state index in [1.807, 2.05) is 60.7 Å². The van der Waals surface area contributed by atoms with Crippen LogP contribution in [0.15, 0.2) is 88.4 Å². The molecule has 1 fully saturated rings. The summed E-state index contributed by atoms with van der Waals surface area (Å²) in [5, 5.41) is 0. The predicted octanol–water partition coefficient (Wildman–Crippen LogP) is 3.80. The number of amides is 2. The fraction of sp³-hybridized carbons (Fsp3) is 0.379. The number of carbonyl (C=O) groups excluding carboxylic acids is 2. The van der Waals surface area contributed by atoms with Crippen molar-refractivity contribution in [3.05, 3.63) is 90.4 Å². The molecule has 1 saturated heterocycles. The van der Waals surface area contributed by atoms with Crippen LogP contribution in [0.25, 0.3) is 0 Å². The molecular formula is C29H35N3O4S. The quantitative estimate of drug-likeness (QED) is 0.319. The second-order valence-corrected chi connectivity index (χ2v) is 10.1. The number of nitrogens with zero attached hydrogens (tertiary/aromatic N) is 3. The van der Waals surface area contributed by atoms with E-state index in [1.165, 1.54) is 17.3 Å². The lowest BCUT2D eigenvalue weighted by molar-refractivity contribution is -0.140. The smallest absolute Gasteiger partial charge is 0.242 e. The summed E-state index contributed by atoms with van der Waals surface area (Å²) in [6.45, 7) is 5.30. The molecule has 7 nitrogen and oxygen atoms in total. The lowest BCUT2D eigenvalue weighted by Gasteiger charge is -2.31. The maximum Gasteiger partial charge on any atom is 0.242 e. The highest BCUT2D eigenvalue weighted by Crippen LogP contribution is 2.18. The zero-order valence-corrected chi connectivity index (χ0v) is 22.0. The van der Waals surface area contributed by atoms with Crippen molar-refractivity contribution in [2.75, 3.05) is 58.2 Å². The minimum absolute atomic E-state index is 0.0310. The van der Waals surface area contributed by atoms with Gasteiger partial charge >= 0.3 is 0 Å². The summed E-state index contributed by atoms with van der Waals surface area (Å²) in [5.74, 6) is 0.916. The number of rotatable bonds is 13. The van der Waals surface area contributed by atoms with Crippen LogP contribution in [0.4, 0.5) is 0 Å². The van der Waals surface area contributed by atoms with Crippen molar-refractivity contribution in [2.45, 2.75) is 17.9 Å². The van der Waals surface area contributed by atoms with Crippen molar-refractivity contribution in [3.8, 4) is 0 Å². The first kappa shape index (κ1) is 27.0. The van der Waals surface area contributed by atoms with Crippen LogP contribution in [0, 0.1) is 0 Å². The first-order chi connectivity index (χ1) is 18.2. The SMILES string of the molecule is O=C(CSc1ccccc1)N(CCN1CCOCC1)CC(=O)N(CCc1ccccc1)Cc1ccco1. The number of carbonyl (C=O) groups is 2. The van der Waals surface area contributed by atoms with E-state index in [-0.39, 0.29) is 18.4 Å². The molecule has 0 spiro atoms. The van der Waals surface area contributed by atoms with Crippen molar-refractivity contribution < 1.29 is 18.7 Å². The van der Waals surface area contributed by atoms with E-state index in [2.05, 4.69) is 17.0 Å². The topological polar surface area (TPSA) is 66.2 Å². The molecule has 1 aliphatic rings. The van der Waals surface area contributed by atoms with Gasteiger partial charge in [-0.25, -0.2) is 0 Å². The van der Waals surface area contributed by atoms with E-state index >= 15 is 0 Å². The third-order valence-electron chi connectivity index (χ3n) is 6.37. The van der Waals surface area contributed by atoms with Gasteiger partial charge in [-0.15, -0.1) is 11.8 Å². The molecule has 0 atom stereocenters. The molecule has 196 valence electrons. The van der Waals surface area contributed by atoms with E-state index < -0.39 is 0 Å². The lowest BCUT2D eigenvalue weighted by atomic mass is 10.1. The Labute approximate surface area is 223 Å². The zero-order chi connectivity index (χ0) is 25.7. The maximum absolute atomic E-state index is 13.6. The van der Waals surface area contributed by atoms with Gasteiger partial charge in [-0.3, -0.25) is 14.5 Å². The third kappa shape index (κ3) is 9.07. The molecule has 0 unspecified atom stereocenters. The lowest BCUT2D eigenvalue weighted by Crippen LogP contribution is -2.47. The normalized spacial score (nSPS) is 13.8. The van der Waals surface area contributed by atoms with Crippen molar-refractivity contribution in [1.29, 1.82) is 0 Å². The molecule has 0 aliphatic carbocycles. The number of hydrogen-bond acceptors (Lipinski definition) is 6. The van der Waals surface area contributed by atoms with E-state index in [1.54, 1.807) is 16.1 Å². The Bertz CT molecular complexity index is 1070. The van der Waals surface area contributed by atoms with Crippen LogP contribution in [-0.2, 0) is 27.3 Å². The van der Waals surface area contributed by atoms with Crippen LogP contribution >= 0.6 is 11.8 Å². The molecule has 37 heavy (non-hydrogen) atoms. The molecule has 1 aliphatic heterocycles. The standard InChI is InChI=1S/C29H35N3O4S/c33-28(31(22-26-10-7-19-36-26)14-13-25-8-3-1-4-9-25)23-32(16-15-30-17-20-35-21-18-30)29(34)24-37-27-11-5-2-6-12-27/h1-12,19H,13-18,20-24H2. The van der Waals surface area contributed by atoms with Crippen LogP contribution in [0.1, 0.15) is 11.3 Å². The molecule has 0 N–H and O–H groups in total. The highest BCUT2D eigenvalue weighted by Gasteiger charge is 2.23. The Hall–Kier alpha value is -3.07. The van der Waals surface area contributed by atoms with Crippen LogP contribution in [-0.4, -0.2) is 84.7 Å². The van der Waals surface area contributed by atoms with Gasteiger partial charge in [0.2, 0.25) is 11.8 Å². The Morgan fingerprint density at radius 3 is 2.27 bits per heavy atom. The second-order valence-electron chi connectivity index (χ2n) is 9.00. The summed E-state index contributed by atoms with van der Waals surface area (Å²) >= 11 is 1.50. The Kier molecular flexibility index (Phi) is 10.7. The summed E-state index contributed by atoms with van der Waals surface area (Å²) < 4.78 is 11.0. The van der Waals surface area contributed by atoms with Gasteiger partial charge in [-0.2, -0.15) is 0 Å². The minimum atomic E-state index is -0.0765. The Morgan fingerprint density at radius 1 is 0.838 bits per heavy atom. The van der Waals surface area contributed by atoms with Gasteiger partial charge in [0, 0.05) is 37.6 Å². The van der Waals surface area contributed by atoms with E-state index in [0.29, 0.717) is 38.6 Å². The molecule has 3 aromatic rings. The van der Waals surface area contributed by atoms with E-state index in [0.717, 1.165) is 36.7 Å². The maximum atomic E-state index is 13.6. The Morgan fingerprint density at radius 2 is 1.57 bits per heavy atom. The fourth-order valence-electron chi connectivity index (χ4n) is 4.19. The van der Waals surface area contributed by atoms with Gasteiger partial charge in [0.05, 0.1) is 38.3 Å². The van der Waals surface area contributed by atoms with E-state index in [4.69, 9.17) is 9.15 Å². The fourth-order valence-corrected chi connectivity index (χ4v) is 5.01. The molecule has 2 aromatic carbocycles. The summed E-state index contributed by atoms with van der Waals surface area (Å²) in [7, 11) is 0. The highest BCUT2D eigenvalue weighted by molar-refractivity contribution is 8.00. The summed E-state index contributed by atoms with van der Waals surface area (Å²) in [6, 6.07) is 23.7. The van der Waals surface area contributed by atoms with Gasteiger partial charge in [0.25, 0.3) is 0 Å². The van der Waals surface area contributed by atoms with Crippen LogP contribution in [0.5, 0.6) is 0 Å². The molecule has 2 heterocycles. The molecule has 0 radical (unpaired) electrons. The molecule has 0 saturated carbocycles. The predicted molar refractivity (Wildman–Crippen MR) is 145 cm³/mol. The molecule has 2 amide bonds. The van der Waals surface area contributed by atoms with E-state index in [9.17, 15) is 9.59 Å². The van der Waals surface area contributed by atoms with Gasteiger partial charge in [0.1, 0.15) is 5.76 Å². The van der Waals surface area contributed by atoms with Crippen molar-refractivity contribution >= 4 is 23.6 Å². The second kappa shape index (κ2) is 14.6. The monoisotopic (exact) mass is 521 g/mol. The van der Waals surface area contributed by atoms with Gasteiger partial charge < -0.3 is 19.0 Å². The Balaban J connectivity index is 1.41.